The van der Waals surface area contributed by atoms with Gasteiger partial charge in [0.1, 0.15) is 0 Å². The van der Waals surface area contributed by atoms with E-state index in [-0.39, 0.29) is 10.5 Å². The number of rotatable bonds is 7. The molecule has 1 amide bonds. The zero-order chi connectivity index (χ0) is 23.5. The number of nitrogens with zero attached hydrogens (tertiary/aromatic N) is 2. The summed E-state index contributed by atoms with van der Waals surface area (Å²) in [5.74, 6) is -1.29. The van der Waals surface area contributed by atoms with Gasteiger partial charge in [0.2, 0.25) is 10.0 Å². The molecule has 3 rings (SSSR count). The van der Waals surface area contributed by atoms with Crippen LogP contribution < -0.4 is 10.2 Å². The Bertz CT molecular complexity index is 1110. The molecule has 8 nitrogen and oxygen atoms in total. The van der Waals surface area contributed by atoms with E-state index in [0.29, 0.717) is 16.4 Å². The average molecular weight is 480 g/mol. The molecule has 0 saturated carbocycles. The minimum Gasteiger partial charge on any atom is -0.449 e. The van der Waals surface area contributed by atoms with E-state index in [4.69, 9.17) is 16.3 Å². The number of halogens is 1. The van der Waals surface area contributed by atoms with Crippen molar-refractivity contribution < 1.29 is 22.7 Å². The Hall–Kier alpha value is -2.62. The molecule has 1 aliphatic rings. The fourth-order valence-corrected chi connectivity index (χ4v) is 4.49. The van der Waals surface area contributed by atoms with Crippen LogP contribution in [-0.2, 0) is 19.6 Å². The maximum absolute atomic E-state index is 13.0. The highest BCUT2D eigenvalue weighted by molar-refractivity contribution is 7.89. The summed E-state index contributed by atoms with van der Waals surface area (Å²) in [6.07, 6.45) is 0.844. The normalized spacial score (nSPS) is 15.0. The van der Waals surface area contributed by atoms with Crippen molar-refractivity contribution in [1.29, 1.82) is 0 Å². The van der Waals surface area contributed by atoms with Crippen LogP contribution in [0.3, 0.4) is 0 Å². The number of esters is 1. The minimum absolute atomic E-state index is 0.0200. The molecule has 2 aromatic rings. The van der Waals surface area contributed by atoms with Crippen molar-refractivity contribution in [3.05, 3.63) is 53.1 Å². The smallest absolute Gasteiger partial charge is 0.341 e. The Morgan fingerprint density at radius 1 is 1.12 bits per heavy atom. The SMILES string of the molecule is CC(OC(=O)c1cc(S(=O)(=O)N(C)C)ccc1N1CCCC1)C(=O)Nc1cccc(Cl)c1. The zero-order valence-corrected chi connectivity index (χ0v) is 19.7. The second-order valence-corrected chi connectivity index (χ2v) is 10.3. The van der Waals surface area contributed by atoms with E-state index >= 15 is 0 Å². The van der Waals surface area contributed by atoms with Gasteiger partial charge < -0.3 is 15.0 Å². The topological polar surface area (TPSA) is 96.0 Å². The monoisotopic (exact) mass is 479 g/mol. The van der Waals surface area contributed by atoms with Gasteiger partial charge in [0.25, 0.3) is 5.91 Å². The van der Waals surface area contributed by atoms with Crippen molar-refractivity contribution in [3.8, 4) is 0 Å². The lowest BCUT2D eigenvalue weighted by molar-refractivity contribution is -0.123. The predicted octanol–water partition coefficient (Wildman–Crippen LogP) is 3.37. The molecule has 10 heteroatoms. The number of amides is 1. The van der Waals surface area contributed by atoms with E-state index in [2.05, 4.69) is 5.32 Å². The third kappa shape index (κ3) is 5.40. The second kappa shape index (κ2) is 9.89. The summed E-state index contributed by atoms with van der Waals surface area (Å²) in [6.45, 7) is 2.96. The maximum Gasteiger partial charge on any atom is 0.341 e. The van der Waals surface area contributed by atoms with Gasteiger partial charge in [0.15, 0.2) is 6.10 Å². The fourth-order valence-electron chi connectivity index (χ4n) is 3.37. The Morgan fingerprint density at radius 2 is 1.81 bits per heavy atom. The summed E-state index contributed by atoms with van der Waals surface area (Å²) in [5, 5.41) is 3.11. The summed E-state index contributed by atoms with van der Waals surface area (Å²) in [6, 6.07) is 11.0. The molecular formula is C22H26ClN3O5S. The van der Waals surface area contributed by atoms with Crippen molar-refractivity contribution in [3.63, 3.8) is 0 Å². The highest BCUT2D eigenvalue weighted by atomic mass is 35.5. The van der Waals surface area contributed by atoms with Crippen molar-refractivity contribution in [1.82, 2.24) is 4.31 Å². The molecule has 1 unspecified atom stereocenters. The summed E-state index contributed by atoms with van der Waals surface area (Å²) in [4.78, 5) is 27.5. The minimum atomic E-state index is -3.75. The molecule has 1 aliphatic heterocycles. The van der Waals surface area contributed by atoms with Gasteiger partial charge in [-0.05, 0) is 56.2 Å². The maximum atomic E-state index is 13.0. The summed E-state index contributed by atoms with van der Waals surface area (Å²) in [7, 11) is -0.906. The molecule has 32 heavy (non-hydrogen) atoms. The zero-order valence-electron chi connectivity index (χ0n) is 18.2. The van der Waals surface area contributed by atoms with Gasteiger partial charge >= 0.3 is 5.97 Å². The molecule has 0 aliphatic carbocycles. The van der Waals surface area contributed by atoms with Crippen LogP contribution in [0.1, 0.15) is 30.1 Å². The molecule has 172 valence electrons. The van der Waals surface area contributed by atoms with Crippen LogP contribution in [0.2, 0.25) is 5.02 Å². The number of anilines is 2. The van der Waals surface area contributed by atoms with Crippen molar-refractivity contribution in [2.75, 3.05) is 37.4 Å². The molecule has 0 bridgehead atoms. The number of carbonyl (C=O) groups excluding carboxylic acids is 2. The number of benzene rings is 2. The van der Waals surface area contributed by atoms with E-state index in [1.54, 1.807) is 30.3 Å². The van der Waals surface area contributed by atoms with E-state index in [1.807, 2.05) is 4.90 Å². The molecule has 1 atom stereocenters. The molecular weight excluding hydrogens is 454 g/mol. The first-order valence-corrected chi connectivity index (χ1v) is 12.0. The van der Waals surface area contributed by atoms with Crippen molar-refractivity contribution >= 4 is 44.9 Å². The predicted molar refractivity (Wildman–Crippen MR) is 124 cm³/mol. The standard InChI is InChI=1S/C22H26ClN3O5S/c1-15(21(27)24-17-8-6-7-16(23)13-17)31-22(28)19-14-18(32(29,30)25(2)3)9-10-20(19)26-11-4-5-12-26/h6-10,13-15H,4-5,11-12H2,1-3H3,(H,24,27). The number of ether oxygens (including phenoxy) is 1. The van der Waals surface area contributed by atoms with E-state index in [0.717, 1.165) is 30.2 Å². The van der Waals surface area contributed by atoms with Crippen LogP contribution in [-0.4, -0.2) is 57.9 Å². The van der Waals surface area contributed by atoms with Crippen LogP contribution in [0.25, 0.3) is 0 Å². The van der Waals surface area contributed by atoms with Crippen molar-refractivity contribution in [2.45, 2.75) is 30.8 Å². The van der Waals surface area contributed by atoms with Crippen molar-refractivity contribution in [2.24, 2.45) is 0 Å². The lowest BCUT2D eigenvalue weighted by Gasteiger charge is -2.23. The summed E-state index contributed by atoms with van der Waals surface area (Å²) >= 11 is 5.93. The number of nitrogens with one attached hydrogen (secondary N) is 1. The first kappa shape index (κ1) is 24.0. The summed E-state index contributed by atoms with van der Waals surface area (Å²) in [5.41, 5.74) is 1.17. The summed E-state index contributed by atoms with van der Waals surface area (Å²) < 4.78 is 31.7. The number of hydrogen-bond acceptors (Lipinski definition) is 6. The lowest BCUT2D eigenvalue weighted by atomic mass is 10.1. The van der Waals surface area contributed by atoms with E-state index < -0.39 is 28.0 Å². The third-order valence-corrected chi connectivity index (χ3v) is 7.20. The third-order valence-electron chi connectivity index (χ3n) is 5.16. The first-order chi connectivity index (χ1) is 15.1. The molecule has 0 aromatic heterocycles. The van der Waals surface area contributed by atoms with E-state index in [1.165, 1.54) is 33.2 Å². The van der Waals surface area contributed by atoms with Crippen LogP contribution in [0.4, 0.5) is 11.4 Å². The highest BCUT2D eigenvalue weighted by Gasteiger charge is 2.27. The molecule has 0 radical (unpaired) electrons. The fraction of sp³-hybridized carbons (Fsp3) is 0.364. The quantitative estimate of drug-likeness (QED) is 0.611. The Morgan fingerprint density at radius 3 is 2.44 bits per heavy atom. The van der Waals surface area contributed by atoms with Gasteiger partial charge in [0, 0.05) is 37.9 Å². The molecule has 1 N–H and O–H groups in total. The van der Waals surface area contributed by atoms with Crippen LogP contribution >= 0.6 is 11.6 Å². The molecule has 1 fully saturated rings. The molecule has 0 spiro atoms. The van der Waals surface area contributed by atoms with Gasteiger partial charge in [-0.15, -0.1) is 0 Å². The average Bonchev–Trinajstić information content (AvgIpc) is 3.27. The largest absolute Gasteiger partial charge is 0.449 e. The Kier molecular flexibility index (Phi) is 7.43. The Balaban J connectivity index is 1.85. The van der Waals surface area contributed by atoms with Crippen LogP contribution in [0.15, 0.2) is 47.4 Å². The van der Waals surface area contributed by atoms with Gasteiger partial charge in [-0.25, -0.2) is 17.5 Å². The van der Waals surface area contributed by atoms with Crippen LogP contribution in [0, 0.1) is 0 Å². The molecule has 2 aromatic carbocycles. The number of hydrogen-bond donors (Lipinski definition) is 1. The lowest BCUT2D eigenvalue weighted by Crippen LogP contribution is -2.31. The first-order valence-electron chi connectivity index (χ1n) is 10.2. The van der Waals surface area contributed by atoms with Gasteiger partial charge in [0.05, 0.1) is 16.1 Å². The molecule has 1 saturated heterocycles. The van der Waals surface area contributed by atoms with Gasteiger partial charge in [-0.2, -0.15) is 0 Å². The Labute approximate surface area is 193 Å². The number of sulfonamides is 1. The van der Waals surface area contributed by atoms with Crippen LogP contribution in [0.5, 0.6) is 0 Å². The second-order valence-electron chi connectivity index (χ2n) is 7.71. The number of carbonyl (C=O) groups is 2. The van der Waals surface area contributed by atoms with E-state index in [9.17, 15) is 18.0 Å². The highest BCUT2D eigenvalue weighted by Crippen LogP contribution is 2.29. The van der Waals surface area contributed by atoms with Gasteiger partial charge in [-0.1, -0.05) is 17.7 Å². The molecule has 1 heterocycles. The van der Waals surface area contributed by atoms with Gasteiger partial charge in [-0.3, -0.25) is 4.79 Å².